The van der Waals surface area contributed by atoms with Gasteiger partial charge in [0.1, 0.15) is 5.82 Å². The molecule has 0 spiro atoms. The first-order valence-electron chi connectivity index (χ1n) is 5.35. The highest BCUT2D eigenvalue weighted by atomic mass is 19.4. The summed E-state index contributed by atoms with van der Waals surface area (Å²) in [6.45, 7) is 0.247. The Labute approximate surface area is 102 Å². The molecule has 0 radical (unpaired) electrons. The lowest BCUT2D eigenvalue weighted by Crippen LogP contribution is -2.12. The van der Waals surface area contributed by atoms with Crippen LogP contribution in [0.15, 0.2) is 36.7 Å². The molecular formula is C12H12F3N3. The number of benzene rings is 1. The highest BCUT2D eigenvalue weighted by molar-refractivity contribution is 5.52. The van der Waals surface area contributed by atoms with Crippen molar-refractivity contribution < 1.29 is 13.2 Å². The molecule has 96 valence electrons. The molecule has 1 aromatic carbocycles. The van der Waals surface area contributed by atoms with Crippen molar-refractivity contribution in [2.24, 2.45) is 7.05 Å². The molecule has 0 saturated heterocycles. The monoisotopic (exact) mass is 255 g/mol. The molecule has 3 nitrogen and oxygen atoms in total. The Morgan fingerprint density at radius 3 is 2.61 bits per heavy atom. The second kappa shape index (κ2) is 4.72. The van der Waals surface area contributed by atoms with Crippen LogP contribution >= 0.6 is 0 Å². The van der Waals surface area contributed by atoms with Gasteiger partial charge >= 0.3 is 6.18 Å². The fourth-order valence-corrected chi connectivity index (χ4v) is 1.63. The molecule has 0 aliphatic carbocycles. The number of nitrogens with zero attached hydrogens (tertiary/aromatic N) is 2. The largest absolute Gasteiger partial charge is 0.418 e. The van der Waals surface area contributed by atoms with E-state index in [1.54, 1.807) is 30.1 Å². The van der Waals surface area contributed by atoms with Gasteiger partial charge in [-0.15, -0.1) is 0 Å². The van der Waals surface area contributed by atoms with Crippen molar-refractivity contribution in [1.82, 2.24) is 9.55 Å². The van der Waals surface area contributed by atoms with Gasteiger partial charge in [-0.1, -0.05) is 12.1 Å². The first kappa shape index (κ1) is 12.5. The maximum Gasteiger partial charge on any atom is 0.418 e. The van der Waals surface area contributed by atoms with Crippen molar-refractivity contribution in [3.8, 4) is 0 Å². The summed E-state index contributed by atoms with van der Waals surface area (Å²) >= 11 is 0. The minimum atomic E-state index is -4.36. The lowest BCUT2D eigenvalue weighted by Gasteiger charge is -2.14. The summed E-state index contributed by atoms with van der Waals surface area (Å²) in [5.41, 5.74) is -0.604. The predicted octanol–water partition coefficient (Wildman–Crippen LogP) is 3.05. The Bertz CT molecular complexity index is 531. The summed E-state index contributed by atoms with van der Waals surface area (Å²) in [7, 11) is 1.79. The van der Waals surface area contributed by atoms with Crippen molar-refractivity contribution in [2.45, 2.75) is 12.7 Å². The number of rotatable bonds is 3. The van der Waals surface area contributed by atoms with Crippen molar-refractivity contribution in [2.75, 3.05) is 5.32 Å². The number of anilines is 1. The van der Waals surface area contributed by atoms with Crippen molar-refractivity contribution in [1.29, 1.82) is 0 Å². The number of aryl methyl sites for hydroxylation is 1. The molecule has 2 aromatic rings. The molecule has 18 heavy (non-hydrogen) atoms. The van der Waals surface area contributed by atoms with E-state index in [4.69, 9.17) is 0 Å². The number of aromatic nitrogens is 2. The van der Waals surface area contributed by atoms with E-state index in [-0.39, 0.29) is 12.2 Å². The van der Waals surface area contributed by atoms with Crippen LogP contribution in [0.1, 0.15) is 11.4 Å². The van der Waals surface area contributed by atoms with Gasteiger partial charge < -0.3 is 9.88 Å². The molecule has 0 aliphatic heterocycles. The van der Waals surface area contributed by atoms with E-state index in [1.807, 2.05) is 0 Å². The summed E-state index contributed by atoms with van der Waals surface area (Å²) in [4.78, 5) is 4.04. The second-order valence-electron chi connectivity index (χ2n) is 3.85. The van der Waals surface area contributed by atoms with E-state index in [9.17, 15) is 13.2 Å². The maximum atomic E-state index is 12.7. The fourth-order valence-electron chi connectivity index (χ4n) is 1.63. The van der Waals surface area contributed by atoms with Crippen LogP contribution < -0.4 is 5.32 Å². The number of nitrogens with one attached hydrogen (secondary N) is 1. The van der Waals surface area contributed by atoms with Crippen LogP contribution in [0.5, 0.6) is 0 Å². The standard InChI is InChI=1S/C12H12F3N3/c1-18-7-6-16-11(18)8-17-10-5-3-2-4-9(10)12(13,14)15/h2-7,17H,8H2,1H3. The molecule has 1 heterocycles. The molecular weight excluding hydrogens is 243 g/mol. The number of hydrogen-bond donors (Lipinski definition) is 1. The van der Waals surface area contributed by atoms with Crippen LogP contribution in [0.4, 0.5) is 18.9 Å². The lowest BCUT2D eigenvalue weighted by atomic mass is 10.1. The van der Waals surface area contributed by atoms with Crippen LogP contribution in [0.25, 0.3) is 0 Å². The zero-order valence-electron chi connectivity index (χ0n) is 9.70. The third kappa shape index (κ3) is 2.64. The summed E-state index contributed by atoms with van der Waals surface area (Å²) in [5, 5.41) is 2.76. The summed E-state index contributed by atoms with van der Waals surface area (Å²) in [5.74, 6) is 0.673. The van der Waals surface area contributed by atoms with Crippen molar-refractivity contribution in [3.63, 3.8) is 0 Å². The smallest absolute Gasteiger partial charge is 0.377 e. The molecule has 0 aliphatic rings. The van der Waals surface area contributed by atoms with Crippen LogP contribution in [0.2, 0.25) is 0 Å². The molecule has 0 bridgehead atoms. The van der Waals surface area contributed by atoms with Gasteiger partial charge in [0.25, 0.3) is 0 Å². The van der Waals surface area contributed by atoms with Gasteiger partial charge in [0.05, 0.1) is 12.1 Å². The van der Waals surface area contributed by atoms with Crippen LogP contribution in [0, 0.1) is 0 Å². The molecule has 0 amide bonds. The van der Waals surface area contributed by atoms with E-state index < -0.39 is 11.7 Å². The summed E-state index contributed by atoms with van der Waals surface area (Å²) in [6, 6.07) is 5.40. The van der Waals surface area contributed by atoms with Gasteiger partial charge in [-0.05, 0) is 12.1 Å². The normalized spacial score (nSPS) is 11.6. The zero-order chi connectivity index (χ0) is 13.2. The minimum Gasteiger partial charge on any atom is -0.377 e. The van der Waals surface area contributed by atoms with Gasteiger partial charge in [0.15, 0.2) is 0 Å². The molecule has 0 saturated carbocycles. The fraction of sp³-hybridized carbons (Fsp3) is 0.250. The topological polar surface area (TPSA) is 29.9 Å². The Morgan fingerprint density at radius 1 is 1.28 bits per heavy atom. The Morgan fingerprint density at radius 2 is 2.00 bits per heavy atom. The Kier molecular flexibility index (Phi) is 3.27. The van der Waals surface area contributed by atoms with Crippen molar-refractivity contribution >= 4 is 5.69 Å². The average Bonchev–Trinajstić information content (AvgIpc) is 2.71. The van der Waals surface area contributed by atoms with Gasteiger partial charge in [-0.25, -0.2) is 4.98 Å². The molecule has 0 fully saturated rings. The van der Waals surface area contributed by atoms with Crippen molar-refractivity contribution in [3.05, 3.63) is 48.0 Å². The molecule has 0 atom stereocenters. The van der Waals surface area contributed by atoms with Crippen LogP contribution in [0.3, 0.4) is 0 Å². The SMILES string of the molecule is Cn1ccnc1CNc1ccccc1C(F)(F)F. The lowest BCUT2D eigenvalue weighted by molar-refractivity contribution is -0.136. The zero-order valence-corrected chi connectivity index (χ0v) is 9.70. The number of imidazole rings is 1. The Hall–Kier alpha value is -1.98. The molecule has 1 N–H and O–H groups in total. The van der Waals surface area contributed by atoms with E-state index in [0.717, 1.165) is 6.07 Å². The van der Waals surface area contributed by atoms with Gasteiger partial charge in [0.2, 0.25) is 0 Å². The molecule has 0 unspecified atom stereocenters. The highest BCUT2D eigenvalue weighted by Gasteiger charge is 2.33. The quantitative estimate of drug-likeness (QED) is 0.913. The van der Waals surface area contributed by atoms with E-state index in [1.165, 1.54) is 12.1 Å². The Balaban J connectivity index is 2.17. The first-order valence-corrected chi connectivity index (χ1v) is 5.35. The minimum absolute atomic E-state index is 0.0630. The number of para-hydroxylation sites is 1. The number of hydrogen-bond acceptors (Lipinski definition) is 2. The second-order valence-corrected chi connectivity index (χ2v) is 3.85. The summed E-state index contributed by atoms with van der Waals surface area (Å²) in [6.07, 6.45) is -1.01. The maximum absolute atomic E-state index is 12.7. The third-order valence-corrected chi connectivity index (χ3v) is 2.59. The van der Waals surface area contributed by atoms with E-state index in [0.29, 0.717) is 5.82 Å². The number of halogens is 3. The van der Waals surface area contributed by atoms with E-state index in [2.05, 4.69) is 10.3 Å². The van der Waals surface area contributed by atoms with Gasteiger partial charge in [-0.2, -0.15) is 13.2 Å². The summed E-state index contributed by atoms with van der Waals surface area (Å²) < 4.78 is 40.0. The first-order chi connectivity index (χ1) is 8.48. The highest BCUT2D eigenvalue weighted by Crippen LogP contribution is 2.34. The molecule has 2 rings (SSSR count). The molecule has 1 aromatic heterocycles. The van der Waals surface area contributed by atoms with Crippen LogP contribution in [-0.4, -0.2) is 9.55 Å². The average molecular weight is 255 g/mol. The molecule has 6 heteroatoms. The van der Waals surface area contributed by atoms with Crippen LogP contribution in [-0.2, 0) is 19.8 Å². The third-order valence-electron chi connectivity index (χ3n) is 2.59. The van der Waals surface area contributed by atoms with Gasteiger partial charge in [-0.3, -0.25) is 0 Å². The van der Waals surface area contributed by atoms with Gasteiger partial charge in [0, 0.05) is 25.1 Å². The number of alkyl halides is 3. The van der Waals surface area contributed by atoms with E-state index >= 15 is 0 Å². The predicted molar refractivity (Wildman–Crippen MR) is 62.0 cm³/mol.